The third kappa shape index (κ3) is 5.43. The lowest BCUT2D eigenvalue weighted by Gasteiger charge is -2.44. The highest BCUT2D eigenvalue weighted by molar-refractivity contribution is 5.79. The minimum atomic E-state index is 0.214. The van der Waals surface area contributed by atoms with Gasteiger partial charge in [0.1, 0.15) is 0 Å². The van der Waals surface area contributed by atoms with Crippen LogP contribution in [0.1, 0.15) is 67.2 Å². The first kappa shape index (κ1) is 20.7. The number of nitrogens with zero attached hydrogens (tertiary/aromatic N) is 3. The van der Waals surface area contributed by atoms with Crippen molar-refractivity contribution in [1.82, 2.24) is 14.7 Å². The Bertz CT molecular complexity index is 423. The number of likely N-dealkylation sites (tertiary alicyclic amines) is 1. The maximum atomic E-state index is 12.9. The number of amides is 1. The summed E-state index contributed by atoms with van der Waals surface area (Å²) < 4.78 is 0. The van der Waals surface area contributed by atoms with E-state index in [4.69, 9.17) is 0 Å². The molecule has 2 fully saturated rings. The van der Waals surface area contributed by atoms with E-state index in [1.54, 1.807) is 0 Å². The Labute approximate surface area is 155 Å². The predicted octanol–water partition coefficient (Wildman–Crippen LogP) is 3.47. The SMILES string of the molecule is CCC(C)(CC)CN1CCC(C(=O)N2CCN(C(C)(C)C)CC2)CC1. The lowest BCUT2D eigenvalue weighted by molar-refractivity contribution is -0.139. The highest BCUT2D eigenvalue weighted by atomic mass is 16.2. The zero-order valence-corrected chi connectivity index (χ0v) is 17.6. The topological polar surface area (TPSA) is 26.8 Å². The first-order valence-corrected chi connectivity index (χ1v) is 10.4. The second-order valence-corrected chi connectivity index (χ2v) is 9.55. The number of hydrogen-bond donors (Lipinski definition) is 0. The maximum absolute atomic E-state index is 12.9. The molecule has 2 saturated heterocycles. The highest BCUT2D eigenvalue weighted by Crippen LogP contribution is 2.29. The Morgan fingerprint density at radius 3 is 1.84 bits per heavy atom. The van der Waals surface area contributed by atoms with Gasteiger partial charge in [-0.1, -0.05) is 20.8 Å². The van der Waals surface area contributed by atoms with Gasteiger partial charge in [-0.05, 0) is 65.0 Å². The van der Waals surface area contributed by atoms with Crippen molar-refractivity contribution in [2.24, 2.45) is 11.3 Å². The second-order valence-electron chi connectivity index (χ2n) is 9.55. The van der Waals surface area contributed by atoms with E-state index in [1.807, 2.05) is 0 Å². The molecule has 0 spiro atoms. The highest BCUT2D eigenvalue weighted by Gasteiger charge is 2.33. The van der Waals surface area contributed by atoms with Crippen LogP contribution < -0.4 is 0 Å². The largest absolute Gasteiger partial charge is 0.340 e. The number of carbonyl (C=O) groups excluding carboxylic acids is 1. The summed E-state index contributed by atoms with van der Waals surface area (Å²) in [6.07, 6.45) is 4.56. The first-order valence-electron chi connectivity index (χ1n) is 10.4. The Hall–Kier alpha value is -0.610. The molecule has 1 amide bonds. The molecule has 0 aromatic carbocycles. The van der Waals surface area contributed by atoms with Gasteiger partial charge in [0.15, 0.2) is 0 Å². The molecule has 0 saturated carbocycles. The molecule has 0 aliphatic carbocycles. The van der Waals surface area contributed by atoms with Crippen LogP contribution in [-0.2, 0) is 4.79 Å². The van der Waals surface area contributed by atoms with Crippen LogP contribution in [0.15, 0.2) is 0 Å². The van der Waals surface area contributed by atoms with E-state index in [0.717, 1.165) is 52.1 Å². The van der Waals surface area contributed by atoms with E-state index in [0.29, 0.717) is 11.3 Å². The zero-order chi connectivity index (χ0) is 18.7. The molecule has 4 nitrogen and oxygen atoms in total. The summed E-state index contributed by atoms with van der Waals surface area (Å²) in [6.45, 7) is 21.0. The molecule has 146 valence electrons. The van der Waals surface area contributed by atoms with Crippen LogP contribution in [-0.4, -0.2) is 72.0 Å². The van der Waals surface area contributed by atoms with Crippen LogP contribution in [0.25, 0.3) is 0 Å². The molecule has 0 atom stereocenters. The number of piperidine rings is 1. The van der Waals surface area contributed by atoms with Crippen molar-refractivity contribution in [1.29, 1.82) is 0 Å². The van der Waals surface area contributed by atoms with Crippen LogP contribution in [0.4, 0.5) is 0 Å². The third-order valence-corrected chi connectivity index (χ3v) is 6.79. The number of hydrogen-bond acceptors (Lipinski definition) is 3. The molecule has 0 radical (unpaired) electrons. The van der Waals surface area contributed by atoms with Crippen molar-refractivity contribution in [2.75, 3.05) is 45.8 Å². The lowest BCUT2D eigenvalue weighted by atomic mass is 9.83. The molecule has 2 rings (SSSR count). The van der Waals surface area contributed by atoms with Gasteiger partial charge >= 0.3 is 0 Å². The van der Waals surface area contributed by atoms with Gasteiger partial charge in [-0.2, -0.15) is 0 Å². The quantitative estimate of drug-likeness (QED) is 0.759. The Balaban J connectivity index is 1.78. The molecular formula is C21H41N3O. The summed E-state index contributed by atoms with van der Waals surface area (Å²) in [5, 5.41) is 0. The van der Waals surface area contributed by atoms with Gasteiger partial charge in [-0.3, -0.25) is 9.69 Å². The monoisotopic (exact) mass is 351 g/mol. The van der Waals surface area contributed by atoms with E-state index in [1.165, 1.54) is 19.4 Å². The fourth-order valence-corrected chi connectivity index (χ4v) is 4.21. The van der Waals surface area contributed by atoms with Crippen molar-refractivity contribution < 1.29 is 4.79 Å². The van der Waals surface area contributed by atoms with Crippen molar-refractivity contribution >= 4 is 5.91 Å². The van der Waals surface area contributed by atoms with Crippen molar-refractivity contribution in [2.45, 2.75) is 72.8 Å². The van der Waals surface area contributed by atoms with E-state index < -0.39 is 0 Å². The van der Waals surface area contributed by atoms with E-state index in [9.17, 15) is 4.79 Å². The van der Waals surface area contributed by atoms with Crippen LogP contribution in [0, 0.1) is 11.3 Å². The zero-order valence-electron chi connectivity index (χ0n) is 17.6. The minimum Gasteiger partial charge on any atom is -0.340 e. The van der Waals surface area contributed by atoms with Crippen LogP contribution in [0.3, 0.4) is 0 Å². The van der Waals surface area contributed by atoms with Crippen molar-refractivity contribution in [3.05, 3.63) is 0 Å². The van der Waals surface area contributed by atoms with Crippen molar-refractivity contribution in [3.63, 3.8) is 0 Å². The Kier molecular flexibility index (Phi) is 6.94. The molecule has 0 aromatic heterocycles. The van der Waals surface area contributed by atoms with Gasteiger partial charge in [-0.25, -0.2) is 0 Å². The number of rotatable bonds is 5. The summed E-state index contributed by atoms with van der Waals surface area (Å²) >= 11 is 0. The predicted molar refractivity (Wildman–Crippen MR) is 106 cm³/mol. The van der Waals surface area contributed by atoms with Crippen molar-refractivity contribution in [3.8, 4) is 0 Å². The molecule has 0 N–H and O–H groups in total. The van der Waals surface area contributed by atoms with Gasteiger partial charge < -0.3 is 9.80 Å². The lowest BCUT2D eigenvalue weighted by Crippen LogP contribution is -2.56. The summed E-state index contributed by atoms with van der Waals surface area (Å²) in [4.78, 5) is 20.1. The normalized spacial score (nSPS) is 22.4. The smallest absolute Gasteiger partial charge is 0.225 e. The summed E-state index contributed by atoms with van der Waals surface area (Å²) in [5.41, 5.74) is 0.645. The third-order valence-electron chi connectivity index (χ3n) is 6.79. The van der Waals surface area contributed by atoms with Crippen LogP contribution in [0.5, 0.6) is 0 Å². The van der Waals surface area contributed by atoms with E-state index in [2.05, 4.69) is 56.2 Å². The van der Waals surface area contributed by atoms with E-state index in [-0.39, 0.29) is 11.5 Å². The standard InChI is InChI=1S/C21H41N3O/c1-7-21(6,8-2)17-22-11-9-18(10-12-22)19(25)23-13-15-24(16-14-23)20(3,4)5/h18H,7-17H2,1-6H3. The average molecular weight is 352 g/mol. The van der Waals surface area contributed by atoms with Gasteiger partial charge in [0.25, 0.3) is 0 Å². The molecule has 2 aliphatic rings. The van der Waals surface area contributed by atoms with E-state index >= 15 is 0 Å². The Morgan fingerprint density at radius 1 is 0.880 bits per heavy atom. The van der Waals surface area contributed by atoms with Gasteiger partial charge in [-0.15, -0.1) is 0 Å². The van der Waals surface area contributed by atoms with Crippen LogP contribution >= 0.6 is 0 Å². The molecule has 0 bridgehead atoms. The second kappa shape index (κ2) is 8.39. The first-order chi connectivity index (χ1) is 11.7. The minimum absolute atomic E-state index is 0.214. The molecular weight excluding hydrogens is 310 g/mol. The van der Waals surface area contributed by atoms with Crippen LogP contribution in [0.2, 0.25) is 0 Å². The molecule has 0 unspecified atom stereocenters. The van der Waals surface area contributed by atoms with Gasteiger partial charge in [0.2, 0.25) is 5.91 Å². The van der Waals surface area contributed by atoms with Gasteiger partial charge in [0, 0.05) is 44.2 Å². The van der Waals surface area contributed by atoms with Gasteiger partial charge in [0.05, 0.1) is 0 Å². The Morgan fingerprint density at radius 2 is 1.40 bits per heavy atom. The molecule has 2 heterocycles. The molecule has 0 aromatic rings. The fourth-order valence-electron chi connectivity index (χ4n) is 4.21. The summed E-state index contributed by atoms with van der Waals surface area (Å²) in [5.74, 6) is 0.675. The summed E-state index contributed by atoms with van der Waals surface area (Å²) in [7, 11) is 0. The molecule has 25 heavy (non-hydrogen) atoms. The number of piperazine rings is 1. The number of carbonyl (C=O) groups is 1. The average Bonchev–Trinajstić information content (AvgIpc) is 2.61. The summed E-state index contributed by atoms with van der Waals surface area (Å²) in [6, 6.07) is 0. The molecule has 2 aliphatic heterocycles. The fraction of sp³-hybridized carbons (Fsp3) is 0.952. The molecule has 4 heteroatoms. The maximum Gasteiger partial charge on any atom is 0.225 e.